The molecule has 5 rings (SSSR count). The van der Waals surface area contributed by atoms with E-state index in [1.807, 2.05) is 12.1 Å². The molecule has 214 valence electrons. The van der Waals surface area contributed by atoms with E-state index in [1.54, 1.807) is 37.4 Å². The van der Waals surface area contributed by atoms with Gasteiger partial charge >= 0.3 is 14.2 Å². The highest BCUT2D eigenvalue weighted by molar-refractivity contribution is 6.58. The Hall–Kier alpha value is -3.21. The van der Waals surface area contributed by atoms with Crippen LogP contribution in [0.15, 0.2) is 65.3 Å². The molecule has 2 heterocycles. The molecule has 4 atom stereocenters. The predicted octanol–water partition coefficient (Wildman–Crippen LogP) is 2.29. The number of hydrogen-bond acceptors (Lipinski definition) is 8. The van der Waals surface area contributed by atoms with E-state index >= 15 is 0 Å². The largest absolute Gasteiger partial charge is 0.508 e. The molecule has 9 nitrogen and oxygen atoms in total. The van der Waals surface area contributed by atoms with Crippen LogP contribution >= 0.6 is 0 Å². The topological polar surface area (TPSA) is 137 Å². The maximum absolute atomic E-state index is 13.9. The van der Waals surface area contributed by atoms with Gasteiger partial charge in [0.05, 0.1) is 30.2 Å². The minimum absolute atomic E-state index is 0.184. The Bertz CT molecular complexity index is 1380. The first-order valence-electron chi connectivity index (χ1n) is 14.1. The fourth-order valence-corrected chi connectivity index (χ4v) is 6.67. The van der Waals surface area contributed by atoms with Crippen LogP contribution in [-0.2, 0) is 19.0 Å². The molecule has 0 aromatic heterocycles. The van der Waals surface area contributed by atoms with Crippen molar-refractivity contribution >= 4 is 43.3 Å². The van der Waals surface area contributed by atoms with Crippen molar-refractivity contribution in [3.63, 3.8) is 0 Å². The van der Waals surface area contributed by atoms with Crippen molar-refractivity contribution in [3.05, 3.63) is 70.8 Å². The monoisotopic (exact) mass is 559 g/mol. The summed E-state index contributed by atoms with van der Waals surface area (Å²) in [4.78, 5) is 28.7. The van der Waals surface area contributed by atoms with Crippen LogP contribution in [0, 0.1) is 17.8 Å². The number of methoxy groups -OCH3 is 1. The summed E-state index contributed by atoms with van der Waals surface area (Å²) >= 11 is 0. The molecule has 0 unspecified atom stereocenters. The lowest BCUT2D eigenvalue weighted by molar-refractivity contribution is -0.122. The average molecular weight is 559 g/mol. The van der Waals surface area contributed by atoms with Gasteiger partial charge in [-0.15, -0.1) is 0 Å². The van der Waals surface area contributed by atoms with Crippen molar-refractivity contribution < 1.29 is 39.2 Å². The smallest absolute Gasteiger partial charge is 0.488 e. The average Bonchev–Trinajstić information content (AvgIpc) is 3.20. The second-order valence-electron chi connectivity index (χ2n) is 11.0. The molecular formula is C30H35B2NO8. The van der Waals surface area contributed by atoms with E-state index in [0.717, 1.165) is 33.6 Å². The second-order valence-corrected chi connectivity index (χ2v) is 11.0. The molecule has 4 N–H and O–H groups in total. The van der Waals surface area contributed by atoms with E-state index in [9.17, 15) is 29.8 Å². The predicted molar refractivity (Wildman–Crippen MR) is 156 cm³/mol. The number of carbonyl (C=O) groups excluding carboxylic acids is 2. The number of ether oxygens (including phenoxy) is 1. The van der Waals surface area contributed by atoms with Gasteiger partial charge < -0.3 is 29.6 Å². The van der Waals surface area contributed by atoms with Crippen molar-refractivity contribution in [2.24, 2.45) is 17.8 Å². The van der Waals surface area contributed by atoms with E-state index in [0.29, 0.717) is 31.6 Å². The van der Waals surface area contributed by atoms with E-state index in [1.165, 1.54) is 12.1 Å². The van der Waals surface area contributed by atoms with Gasteiger partial charge in [0.25, 0.3) is 0 Å². The zero-order chi connectivity index (χ0) is 29.3. The number of hydrogen-bond donors (Lipinski definition) is 4. The third-order valence-corrected chi connectivity index (χ3v) is 8.48. The first kappa shape index (κ1) is 29.3. The number of rotatable bonds is 9. The van der Waals surface area contributed by atoms with E-state index in [-0.39, 0.29) is 35.3 Å². The van der Waals surface area contributed by atoms with Crippen LogP contribution in [0.1, 0.15) is 38.2 Å². The van der Waals surface area contributed by atoms with E-state index in [2.05, 4.69) is 6.92 Å². The minimum atomic E-state index is -1.73. The molecule has 0 bridgehead atoms. The van der Waals surface area contributed by atoms with Gasteiger partial charge in [0.15, 0.2) is 0 Å². The molecule has 2 aromatic rings. The molecule has 0 saturated carbocycles. The molecule has 1 aliphatic carbocycles. The van der Waals surface area contributed by atoms with Gasteiger partial charge in [-0.05, 0) is 84.4 Å². The lowest BCUT2D eigenvalue weighted by atomic mass is 9.58. The first-order valence-corrected chi connectivity index (χ1v) is 14.1. The first-order chi connectivity index (χ1) is 19.7. The van der Waals surface area contributed by atoms with E-state index in [4.69, 9.17) is 9.39 Å². The van der Waals surface area contributed by atoms with Crippen LogP contribution in [-0.4, -0.2) is 66.1 Å². The Kier molecular flexibility index (Phi) is 8.82. The molecule has 2 aromatic carbocycles. The lowest BCUT2D eigenvalue weighted by Gasteiger charge is -2.43. The number of carbonyl (C=O) groups is 2. The summed E-state index contributed by atoms with van der Waals surface area (Å²) in [7, 11) is -1.22. The fraction of sp³-hybridized carbons (Fsp3) is 0.400. The number of fused-ring (bicyclic) bond motifs is 3. The van der Waals surface area contributed by atoms with Crippen molar-refractivity contribution in [2.45, 2.75) is 45.0 Å². The van der Waals surface area contributed by atoms with Gasteiger partial charge in [0, 0.05) is 7.11 Å². The molecule has 2 fully saturated rings. The molecule has 2 aliphatic heterocycles. The molecule has 41 heavy (non-hydrogen) atoms. The maximum Gasteiger partial charge on any atom is 0.488 e. The van der Waals surface area contributed by atoms with Crippen LogP contribution < -0.4 is 10.4 Å². The minimum Gasteiger partial charge on any atom is -0.508 e. The Morgan fingerprint density at radius 1 is 1.15 bits per heavy atom. The summed E-state index contributed by atoms with van der Waals surface area (Å²) < 4.78 is 11.6. The Morgan fingerprint density at radius 2 is 1.93 bits per heavy atom. The Balaban J connectivity index is 1.44. The van der Waals surface area contributed by atoms with Crippen LogP contribution in [0.5, 0.6) is 5.75 Å². The number of aromatic hydroxyl groups is 1. The molecule has 11 heteroatoms. The van der Waals surface area contributed by atoms with Crippen molar-refractivity contribution in [1.29, 1.82) is 0 Å². The summed E-state index contributed by atoms with van der Waals surface area (Å²) in [5, 5.41) is 39.9. The number of allylic oxidation sites excluding steroid dienone is 1. The normalized spacial score (nSPS) is 24.6. The van der Waals surface area contributed by atoms with Gasteiger partial charge in [-0.25, -0.2) is 0 Å². The highest BCUT2D eigenvalue weighted by Crippen LogP contribution is 2.51. The molecule has 3 aliphatic rings. The Morgan fingerprint density at radius 3 is 2.63 bits per heavy atom. The molecule has 0 spiro atoms. The molecule has 2 amide bonds. The molecule has 0 radical (unpaired) electrons. The number of amides is 2. The van der Waals surface area contributed by atoms with Gasteiger partial charge in [0.1, 0.15) is 5.75 Å². The standard InChI is InChI=1S/C30H35B2NO8/c1-3-18(12-19-6-4-9-23(34)13-19)10-11-26-27-20(17-40-2)14-24-28(25(27)16-31(37)41-26)30(36)33(29(24)35)22-8-5-7-21(15-22)32(38)39/h4-9,12-13,15,24-26,28,34,37-39H,3,10-11,14,16-17H2,1-2H3/b18-12+/t24-,25+,26-,28-/m1/s1. The van der Waals surface area contributed by atoms with E-state index < -0.39 is 32.2 Å². The number of anilines is 1. The second kappa shape index (κ2) is 12.3. The number of nitrogens with zero attached hydrogens (tertiary/aromatic N) is 1. The Labute approximate surface area is 240 Å². The quantitative estimate of drug-likeness (QED) is 0.209. The number of benzene rings is 2. The van der Waals surface area contributed by atoms with Crippen molar-refractivity contribution in [2.75, 3.05) is 18.6 Å². The number of imide groups is 1. The summed E-state index contributed by atoms with van der Waals surface area (Å²) in [5.74, 6) is -2.14. The molecular weight excluding hydrogens is 524 g/mol. The van der Waals surface area contributed by atoms with Gasteiger partial charge in [-0.1, -0.05) is 42.8 Å². The highest BCUT2D eigenvalue weighted by Gasteiger charge is 2.57. The summed E-state index contributed by atoms with van der Waals surface area (Å²) in [5.41, 5.74) is 4.40. The molecule has 2 saturated heterocycles. The summed E-state index contributed by atoms with van der Waals surface area (Å²) in [6, 6.07) is 13.2. The van der Waals surface area contributed by atoms with Crippen molar-refractivity contribution in [3.8, 4) is 5.75 Å². The third kappa shape index (κ3) is 5.91. The van der Waals surface area contributed by atoms with Gasteiger partial charge in [-0.3, -0.25) is 14.5 Å². The maximum atomic E-state index is 13.9. The van der Waals surface area contributed by atoms with Crippen LogP contribution in [0.2, 0.25) is 6.32 Å². The zero-order valence-corrected chi connectivity index (χ0v) is 23.3. The van der Waals surface area contributed by atoms with Crippen LogP contribution in [0.3, 0.4) is 0 Å². The van der Waals surface area contributed by atoms with Crippen LogP contribution in [0.25, 0.3) is 6.08 Å². The third-order valence-electron chi connectivity index (χ3n) is 8.48. The number of phenols is 1. The van der Waals surface area contributed by atoms with Crippen LogP contribution in [0.4, 0.5) is 5.69 Å². The van der Waals surface area contributed by atoms with Gasteiger partial charge in [-0.2, -0.15) is 0 Å². The zero-order valence-electron chi connectivity index (χ0n) is 23.3. The summed E-state index contributed by atoms with van der Waals surface area (Å²) in [6.07, 6.45) is 4.21. The summed E-state index contributed by atoms with van der Waals surface area (Å²) in [6.45, 7) is 2.36. The highest BCUT2D eigenvalue weighted by atomic mass is 16.5. The number of phenolic OH excluding ortho intramolecular Hbond substituents is 1. The SMILES string of the molecule is CC/C(=C\c1cccc(O)c1)CC[C@H]1OB(O)C[C@H]2C1=C(COC)C[C@H]1C(=O)N(c3cccc(B(O)O)c3)C(=O)[C@H]12. The fourth-order valence-electron chi connectivity index (χ4n) is 6.67. The van der Waals surface area contributed by atoms with Crippen molar-refractivity contribution in [1.82, 2.24) is 0 Å². The van der Waals surface area contributed by atoms with Gasteiger partial charge in [0.2, 0.25) is 11.8 Å². The lowest BCUT2D eigenvalue weighted by Crippen LogP contribution is -2.46.